The third-order valence-corrected chi connectivity index (χ3v) is 3.78. The van der Waals surface area contributed by atoms with E-state index < -0.39 is 5.51 Å². The smallest absolute Gasteiger partial charge is 0.314 e. The molecule has 1 aromatic carbocycles. The number of thioether (sulfide) groups is 1. The van der Waals surface area contributed by atoms with Crippen LogP contribution in [0.4, 0.5) is 23.7 Å². The lowest BCUT2D eigenvalue weighted by atomic mass is 10.2. The van der Waals surface area contributed by atoms with Gasteiger partial charge in [0.15, 0.2) is 0 Å². The van der Waals surface area contributed by atoms with E-state index in [1.54, 1.807) is 11.0 Å². The Morgan fingerprint density at radius 1 is 1.48 bits per heavy atom. The summed E-state index contributed by atoms with van der Waals surface area (Å²) in [5.41, 5.74) is -3.98. The fourth-order valence-electron chi connectivity index (χ4n) is 2.13. The van der Waals surface area contributed by atoms with Crippen LogP contribution in [-0.4, -0.2) is 29.0 Å². The van der Waals surface area contributed by atoms with Crippen LogP contribution in [0.25, 0.3) is 0 Å². The molecule has 1 N–H and O–H groups in total. The van der Waals surface area contributed by atoms with Gasteiger partial charge in [-0.1, -0.05) is 25.1 Å². The van der Waals surface area contributed by atoms with Crippen molar-refractivity contribution in [1.82, 2.24) is 4.90 Å². The van der Waals surface area contributed by atoms with Gasteiger partial charge in [0, 0.05) is 17.1 Å². The van der Waals surface area contributed by atoms with E-state index >= 15 is 0 Å². The fourth-order valence-corrected chi connectivity index (χ4v) is 2.73. The van der Waals surface area contributed by atoms with Crippen molar-refractivity contribution >= 4 is 23.5 Å². The van der Waals surface area contributed by atoms with Crippen molar-refractivity contribution in [3.63, 3.8) is 0 Å². The van der Waals surface area contributed by atoms with Crippen LogP contribution in [0.1, 0.15) is 13.3 Å². The van der Waals surface area contributed by atoms with Gasteiger partial charge >= 0.3 is 11.5 Å². The van der Waals surface area contributed by atoms with Crippen LogP contribution in [0.5, 0.6) is 0 Å². The Morgan fingerprint density at radius 2 is 2.24 bits per heavy atom. The summed E-state index contributed by atoms with van der Waals surface area (Å²) in [6, 6.07) is 5.48. The fraction of sp³-hybridized carbons (Fsp3) is 0.357. The lowest BCUT2D eigenvalue weighted by Crippen LogP contribution is -2.38. The number of benzene rings is 1. The summed E-state index contributed by atoms with van der Waals surface area (Å²) in [4.78, 5) is 13.8. The molecule has 1 atom stereocenters. The second kappa shape index (κ2) is 6.43. The molecule has 1 heterocycles. The molecule has 2 amide bonds. The summed E-state index contributed by atoms with van der Waals surface area (Å²) >= 11 is -0.198. The predicted molar refractivity (Wildman–Crippen MR) is 77.3 cm³/mol. The minimum absolute atomic E-state index is 0.0396. The molecule has 0 spiro atoms. The molecule has 0 fully saturated rings. The van der Waals surface area contributed by atoms with Crippen LogP contribution in [0.2, 0.25) is 0 Å². The molecule has 114 valence electrons. The van der Waals surface area contributed by atoms with Crippen molar-refractivity contribution in [3.8, 4) is 0 Å². The number of hydrogen-bond acceptors (Lipinski definition) is 2. The summed E-state index contributed by atoms with van der Waals surface area (Å²) in [6.45, 7) is 2.49. The van der Waals surface area contributed by atoms with E-state index in [0.29, 0.717) is 12.2 Å². The van der Waals surface area contributed by atoms with E-state index in [1.165, 1.54) is 18.2 Å². The molecule has 1 aliphatic heterocycles. The van der Waals surface area contributed by atoms with Crippen molar-refractivity contribution in [2.24, 2.45) is 0 Å². The highest BCUT2D eigenvalue weighted by Crippen LogP contribution is 2.37. The number of carbonyl (C=O) groups excluding carboxylic acids is 1. The number of amides is 2. The third-order valence-electron chi connectivity index (χ3n) is 3.06. The van der Waals surface area contributed by atoms with E-state index in [-0.39, 0.29) is 28.7 Å². The van der Waals surface area contributed by atoms with E-state index in [2.05, 4.69) is 5.32 Å². The molecule has 2 rings (SSSR count). The van der Waals surface area contributed by atoms with Crippen LogP contribution >= 0.6 is 11.8 Å². The molecule has 1 aliphatic rings. The first-order valence-corrected chi connectivity index (χ1v) is 7.31. The Kier molecular flexibility index (Phi) is 4.82. The number of urea groups is 1. The van der Waals surface area contributed by atoms with Crippen LogP contribution in [0.15, 0.2) is 41.3 Å². The van der Waals surface area contributed by atoms with E-state index in [0.717, 1.165) is 6.42 Å². The zero-order valence-electron chi connectivity index (χ0n) is 11.4. The van der Waals surface area contributed by atoms with Crippen molar-refractivity contribution in [2.45, 2.75) is 29.8 Å². The monoisotopic (exact) mass is 316 g/mol. The number of halogens is 3. The maximum Gasteiger partial charge on any atom is 0.446 e. The highest BCUT2D eigenvalue weighted by Gasteiger charge is 2.29. The summed E-state index contributed by atoms with van der Waals surface area (Å²) in [6.07, 6.45) is 4.66. The molecule has 1 unspecified atom stereocenters. The Hall–Kier alpha value is -1.63. The van der Waals surface area contributed by atoms with Crippen LogP contribution in [0.3, 0.4) is 0 Å². The zero-order chi connectivity index (χ0) is 15.5. The van der Waals surface area contributed by atoms with Crippen LogP contribution < -0.4 is 5.32 Å². The molecule has 0 bridgehead atoms. The molecule has 7 heteroatoms. The highest BCUT2D eigenvalue weighted by molar-refractivity contribution is 8.00. The summed E-state index contributed by atoms with van der Waals surface area (Å²) in [7, 11) is 0. The number of rotatable bonds is 3. The second-order valence-corrected chi connectivity index (χ2v) is 5.70. The standard InChI is InChI=1S/C14H15F3N2OS/c1-2-11-6-4-8-19(11)13(20)18-10-5-3-7-12(9-10)21-14(15,16)17/h3-7,9,11H,2,8H2,1H3,(H,18,20). The predicted octanol–water partition coefficient (Wildman–Crippen LogP) is 4.48. The zero-order valence-corrected chi connectivity index (χ0v) is 12.2. The highest BCUT2D eigenvalue weighted by atomic mass is 32.2. The molecule has 0 aliphatic carbocycles. The average molecular weight is 316 g/mol. The topological polar surface area (TPSA) is 32.3 Å². The number of anilines is 1. The van der Waals surface area contributed by atoms with E-state index in [4.69, 9.17) is 0 Å². The van der Waals surface area contributed by atoms with Gasteiger partial charge in [-0.3, -0.25) is 0 Å². The number of hydrogen-bond donors (Lipinski definition) is 1. The van der Waals surface area contributed by atoms with Crippen LogP contribution in [0, 0.1) is 0 Å². The summed E-state index contributed by atoms with van der Waals surface area (Å²) in [5, 5.41) is 2.64. The first kappa shape index (κ1) is 15.8. The van der Waals surface area contributed by atoms with E-state index in [9.17, 15) is 18.0 Å². The molecule has 0 aromatic heterocycles. The minimum atomic E-state index is -4.34. The van der Waals surface area contributed by atoms with Crippen molar-refractivity contribution in [1.29, 1.82) is 0 Å². The second-order valence-electron chi connectivity index (χ2n) is 4.56. The summed E-state index contributed by atoms with van der Waals surface area (Å²) < 4.78 is 37.0. The maximum absolute atomic E-state index is 12.3. The molecule has 1 aromatic rings. The minimum Gasteiger partial charge on any atom is -0.314 e. The number of nitrogens with one attached hydrogen (secondary N) is 1. The van der Waals surface area contributed by atoms with Gasteiger partial charge in [-0.15, -0.1) is 0 Å². The van der Waals surface area contributed by atoms with Gasteiger partial charge in [-0.2, -0.15) is 13.2 Å². The average Bonchev–Trinajstić information content (AvgIpc) is 2.85. The lowest BCUT2D eigenvalue weighted by Gasteiger charge is -2.24. The van der Waals surface area contributed by atoms with E-state index in [1.807, 2.05) is 19.1 Å². The molecule has 3 nitrogen and oxygen atoms in total. The quantitative estimate of drug-likeness (QED) is 0.658. The summed E-state index contributed by atoms with van der Waals surface area (Å²) in [5.74, 6) is 0. The third kappa shape index (κ3) is 4.42. The Balaban J connectivity index is 2.03. The first-order chi connectivity index (χ1) is 9.89. The van der Waals surface area contributed by atoms with Gasteiger partial charge < -0.3 is 10.2 Å². The number of carbonyl (C=O) groups is 1. The largest absolute Gasteiger partial charge is 0.446 e. The molecular formula is C14H15F3N2OS. The normalized spacial score (nSPS) is 18.1. The van der Waals surface area contributed by atoms with Gasteiger partial charge in [0.25, 0.3) is 0 Å². The van der Waals surface area contributed by atoms with Crippen molar-refractivity contribution in [3.05, 3.63) is 36.4 Å². The van der Waals surface area contributed by atoms with Gasteiger partial charge in [-0.05, 0) is 36.4 Å². The lowest BCUT2D eigenvalue weighted by molar-refractivity contribution is -0.0328. The van der Waals surface area contributed by atoms with Crippen molar-refractivity contribution < 1.29 is 18.0 Å². The molecule has 0 radical (unpaired) electrons. The Morgan fingerprint density at radius 3 is 2.90 bits per heavy atom. The Labute approximate surface area is 125 Å². The van der Waals surface area contributed by atoms with Gasteiger partial charge in [0.05, 0.1) is 6.04 Å². The SMILES string of the molecule is CCC1C=CCN1C(=O)Nc1cccc(SC(F)(F)F)c1. The number of nitrogens with zero attached hydrogens (tertiary/aromatic N) is 1. The molecule has 0 saturated carbocycles. The van der Waals surface area contributed by atoms with Crippen molar-refractivity contribution in [2.75, 3.05) is 11.9 Å². The molecular weight excluding hydrogens is 301 g/mol. The Bertz CT molecular complexity index is 545. The van der Waals surface area contributed by atoms with Gasteiger partial charge in [-0.25, -0.2) is 4.79 Å². The first-order valence-electron chi connectivity index (χ1n) is 6.49. The van der Waals surface area contributed by atoms with Crippen LogP contribution in [-0.2, 0) is 0 Å². The molecule has 21 heavy (non-hydrogen) atoms. The van der Waals surface area contributed by atoms with Gasteiger partial charge in [0.2, 0.25) is 0 Å². The number of alkyl halides is 3. The maximum atomic E-state index is 12.3. The van der Waals surface area contributed by atoms with Gasteiger partial charge in [0.1, 0.15) is 0 Å². The molecule has 0 saturated heterocycles.